The van der Waals surface area contributed by atoms with Crippen molar-refractivity contribution in [3.63, 3.8) is 0 Å². The van der Waals surface area contributed by atoms with Crippen molar-refractivity contribution < 1.29 is 4.79 Å². The van der Waals surface area contributed by atoms with E-state index in [1.807, 2.05) is 35.2 Å². The highest BCUT2D eigenvalue weighted by Gasteiger charge is 2.22. The number of urea groups is 1. The molecule has 1 fully saturated rings. The van der Waals surface area contributed by atoms with E-state index >= 15 is 0 Å². The number of carbonyl (C=O) groups excluding carboxylic acids is 1. The van der Waals surface area contributed by atoms with Crippen molar-refractivity contribution in [2.75, 3.05) is 36.4 Å². The fourth-order valence-electron chi connectivity index (χ4n) is 3.16. The van der Waals surface area contributed by atoms with Crippen LogP contribution in [0.2, 0.25) is 10.0 Å². The molecule has 1 N–H and O–H groups in total. The van der Waals surface area contributed by atoms with Crippen LogP contribution in [-0.2, 0) is 0 Å². The molecule has 4 nitrogen and oxygen atoms in total. The lowest BCUT2D eigenvalue weighted by atomic mass is 10.0. The van der Waals surface area contributed by atoms with Gasteiger partial charge in [-0.05, 0) is 35.7 Å². The minimum absolute atomic E-state index is 0.0492. The number of hydrogen-bond donors (Lipinski definition) is 1. The van der Waals surface area contributed by atoms with Crippen LogP contribution < -0.4 is 10.2 Å². The zero-order chi connectivity index (χ0) is 18.7. The van der Waals surface area contributed by atoms with Crippen LogP contribution in [0.5, 0.6) is 0 Å². The lowest BCUT2D eigenvalue weighted by molar-refractivity contribution is 0.208. The van der Waals surface area contributed by atoms with Crippen molar-refractivity contribution in [1.82, 2.24) is 4.90 Å². The standard InChI is InChI=1S/C20H23Cl2N3O/c1-14(2)16-5-3-4-6-19(16)23-20(26)25-11-9-24(10-12-25)15-7-8-17(21)18(22)13-15/h3-8,13-14H,9-12H2,1-2H3,(H,23,26). The molecule has 2 aromatic carbocycles. The Kier molecular flexibility index (Phi) is 5.94. The molecule has 0 spiro atoms. The van der Waals surface area contributed by atoms with E-state index in [1.165, 1.54) is 0 Å². The molecule has 1 aliphatic heterocycles. The largest absolute Gasteiger partial charge is 0.368 e. The first-order chi connectivity index (χ1) is 12.5. The van der Waals surface area contributed by atoms with E-state index in [0.717, 1.165) is 30.0 Å². The maximum absolute atomic E-state index is 12.6. The second kappa shape index (κ2) is 8.19. The molecule has 2 aromatic rings. The number of benzene rings is 2. The van der Waals surface area contributed by atoms with E-state index in [1.54, 1.807) is 6.07 Å². The lowest BCUT2D eigenvalue weighted by Gasteiger charge is -2.36. The van der Waals surface area contributed by atoms with Crippen molar-refractivity contribution in [2.24, 2.45) is 0 Å². The molecule has 0 atom stereocenters. The number of hydrogen-bond acceptors (Lipinski definition) is 2. The molecular formula is C20H23Cl2N3O. The first-order valence-electron chi connectivity index (χ1n) is 8.80. The number of para-hydroxylation sites is 1. The summed E-state index contributed by atoms with van der Waals surface area (Å²) in [5.74, 6) is 0.359. The highest BCUT2D eigenvalue weighted by Crippen LogP contribution is 2.28. The summed E-state index contributed by atoms with van der Waals surface area (Å²) in [5.41, 5.74) is 3.07. The summed E-state index contributed by atoms with van der Waals surface area (Å²) in [4.78, 5) is 16.7. The summed E-state index contributed by atoms with van der Waals surface area (Å²) in [6.07, 6.45) is 0. The maximum atomic E-state index is 12.6. The highest BCUT2D eigenvalue weighted by atomic mass is 35.5. The average Bonchev–Trinajstić information content (AvgIpc) is 2.64. The van der Waals surface area contributed by atoms with Crippen LogP contribution >= 0.6 is 23.2 Å². The summed E-state index contributed by atoms with van der Waals surface area (Å²) in [6.45, 7) is 7.10. The van der Waals surface area contributed by atoms with Gasteiger partial charge in [0.1, 0.15) is 0 Å². The monoisotopic (exact) mass is 391 g/mol. The summed E-state index contributed by atoms with van der Waals surface area (Å²) in [7, 11) is 0. The van der Waals surface area contributed by atoms with Crippen LogP contribution in [0.15, 0.2) is 42.5 Å². The molecule has 0 aromatic heterocycles. The zero-order valence-corrected chi connectivity index (χ0v) is 16.5. The summed E-state index contributed by atoms with van der Waals surface area (Å²) in [6, 6.07) is 13.6. The predicted octanol–water partition coefficient (Wildman–Crippen LogP) is 5.47. The van der Waals surface area contributed by atoms with Crippen LogP contribution in [0.3, 0.4) is 0 Å². The van der Waals surface area contributed by atoms with Crippen molar-refractivity contribution in [3.05, 3.63) is 58.1 Å². The van der Waals surface area contributed by atoms with Crippen LogP contribution in [0.25, 0.3) is 0 Å². The average molecular weight is 392 g/mol. The van der Waals surface area contributed by atoms with E-state index in [0.29, 0.717) is 29.1 Å². The third-order valence-electron chi connectivity index (χ3n) is 4.66. The van der Waals surface area contributed by atoms with Crippen LogP contribution in [0, 0.1) is 0 Å². The molecular weight excluding hydrogens is 369 g/mol. The van der Waals surface area contributed by atoms with Crippen molar-refractivity contribution >= 4 is 40.6 Å². The number of rotatable bonds is 3. The molecule has 26 heavy (non-hydrogen) atoms. The molecule has 1 aliphatic rings. The number of halogens is 2. The van der Waals surface area contributed by atoms with E-state index in [2.05, 4.69) is 30.1 Å². The van der Waals surface area contributed by atoms with Crippen LogP contribution in [0.1, 0.15) is 25.3 Å². The van der Waals surface area contributed by atoms with Gasteiger partial charge in [-0.2, -0.15) is 0 Å². The minimum atomic E-state index is -0.0492. The van der Waals surface area contributed by atoms with Gasteiger partial charge in [0.2, 0.25) is 0 Å². The second-order valence-electron chi connectivity index (χ2n) is 6.74. The summed E-state index contributed by atoms with van der Waals surface area (Å²) >= 11 is 12.1. The Morgan fingerprint density at radius 3 is 2.35 bits per heavy atom. The normalized spacial score (nSPS) is 14.7. The number of piperazine rings is 1. The number of nitrogens with one attached hydrogen (secondary N) is 1. The van der Waals surface area contributed by atoms with E-state index < -0.39 is 0 Å². The Labute approximate surface area is 164 Å². The molecule has 6 heteroatoms. The van der Waals surface area contributed by atoms with Gasteiger partial charge in [-0.3, -0.25) is 0 Å². The lowest BCUT2D eigenvalue weighted by Crippen LogP contribution is -2.50. The fraction of sp³-hybridized carbons (Fsp3) is 0.350. The Balaban J connectivity index is 1.61. The van der Waals surface area contributed by atoms with Gasteiger partial charge in [0, 0.05) is 37.6 Å². The molecule has 138 valence electrons. The number of carbonyl (C=O) groups is 1. The third-order valence-corrected chi connectivity index (χ3v) is 5.40. The Morgan fingerprint density at radius 2 is 1.69 bits per heavy atom. The predicted molar refractivity (Wildman–Crippen MR) is 110 cm³/mol. The smallest absolute Gasteiger partial charge is 0.321 e. The second-order valence-corrected chi connectivity index (χ2v) is 7.56. The highest BCUT2D eigenvalue weighted by molar-refractivity contribution is 6.42. The number of nitrogens with zero attached hydrogens (tertiary/aromatic N) is 2. The molecule has 2 amide bonds. The molecule has 0 saturated carbocycles. The van der Waals surface area contributed by atoms with Gasteiger partial charge in [0.15, 0.2) is 0 Å². The number of anilines is 2. The quantitative estimate of drug-likeness (QED) is 0.752. The number of amides is 2. The molecule has 0 bridgehead atoms. The van der Waals surface area contributed by atoms with E-state index in [-0.39, 0.29) is 6.03 Å². The van der Waals surface area contributed by atoms with Gasteiger partial charge in [-0.1, -0.05) is 55.2 Å². The minimum Gasteiger partial charge on any atom is -0.368 e. The summed E-state index contributed by atoms with van der Waals surface area (Å²) in [5, 5.41) is 4.17. The van der Waals surface area contributed by atoms with E-state index in [9.17, 15) is 4.79 Å². The SMILES string of the molecule is CC(C)c1ccccc1NC(=O)N1CCN(c2ccc(Cl)c(Cl)c2)CC1. The van der Waals surface area contributed by atoms with Crippen molar-refractivity contribution in [3.8, 4) is 0 Å². The Hall–Kier alpha value is -1.91. The third kappa shape index (κ3) is 4.25. The summed E-state index contributed by atoms with van der Waals surface area (Å²) < 4.78 is 0. The molecule has 0 unspecified atom stereocenters. The zero-order valence-electron chi connectivity index (χ0n) is 15.0. The first-order valence-corrected chi connectivity index (χ1v) is 9.56. The molecule has 0 aliphatic carbocycles. The van der Waals surface area contributed by atoms with Gasteiger partial charge in [0.25, 0.3) is 0 Å². The van der Waals surface area contributed by atoms with Gasteiger partial charge < -0.3 is 15.1 Å². The maximum Gasteiger partial charge on any atom is 0.321 e. The van der Waals surface area contributed by atoms with E-state index in [4.69, 9.17) is 23.2 Å². The fourth-order valence-corrected chi connectivity index (χ4v) is 3.45. The molecule has 3 rings (SSSR count). The molecule has 0 radical (unpaired) electrons. The Morgan fingerprint density at radius 1 is 1.00 bits per heavy atom. The van der Waals surface area contributed by atoms with Crippen molar-refractivity contribution in [2.45, 2.75) is 19.8 Å². The molecule has 1 heterocycles. The van der Waals surface area contributed by atoms with Crippen molar-refractivity contribution in [1.29, 1.82) is 0 Å². The topological polar surface area (TPSA) is 35.6 Å². The van der Waals surface area contributed by atoms with Gasteiger partial charge in [-0.25, -0.2) is 4.79 Å². The first kappa shape index (κ1) is 18.9. The van der Waals surface area contributed by atoms with Crippen LogP contribution in [-0.4, -0.2) is 37.1 Å². The Bertz CT molecular complexity index is 786. The van der Waals surface area contributed by atoms with Gasteiger partial charge in [0.05, 0.1) is 10.0 Å². The van der Waals surface area contributed by atoms with Gasteiger partial charge in [-0.15, -0.1) is 0 Å². The molecule has 1 saturated heterocycles. The van der Waals surface area contributed by atoms with Gasteiger partial charge >= 0.3 is 6.03 Å². The van der Waals surface area contributed by atoms with Crippen LogP contribution in [0.4, 0.5) is 16.2 Å².